The first kappa shape index (κ1) is 25.6. The van der Waals surface area contributed by atoms with Crippen molar-refractivity contribution in [3.8, 4) is 0 Å². The molecule has 4 aromatic rings. The minimum absolute atomic E-state index is 0.000407. The molecule has 0 bridgehead atoms. The van der Waals surface area contributed by atoms with E-state index in [2.05, 4.69) is 9.97 Å². The minimum Gasteiger partial charge on any atom is -0.451 e. The third-order valence-electron chi connectivity index (χ3n) is 5.74. The number of esters is 1. The van der Waals surface area contributed by atoms with Crippen molar-refractivity contribution in [2.45, 2.75) is 32.0 Å². The average molecular weight is 502 g/mol. The van der Waals surface area contributed by atoms with Crippen molar-refractivity contribution in [3.63, 3.8) is 0 Å². The number of carbonyl (C=O) groups excluding carboxylic acids is 4. The monoisotopic (exact) mass is 502 g/mol. The summed E-state index contributed by atoms with van der Waals surface area (Å²) >= 11 is 0. The van der Waals surface area contributed by atoms with E-state index >= 15 is 0 Å². The molecule has 2 N–H and O–H groups in total. The molecule has 8 nitrogen and oxygen atoms in total. The summed E-state index contributed by atoms with van der Waals surface area (Å²) in [6.07, 6.45) is -2.77. The normalized spacial score (nSPS) is 13.5. The molecule has 188 valence electrons. The van der Waals surface area contributed by atoms with Gasteiger partial charge in [-0.25, -0.2) is 9.37 Å². The second-order valence-electron chi connectivity index (χ2n) is 8.53. The first-order chi connectivity index (χ1) is 17.7. The Labute approximate surface area is 211 Å². The molecule has 9 heteroatoms. The third-order valence-corrected chi connectivity index (χ3v) is 5.74. The topological polar surface area (TPSA) is 126 Å². The second-order valence-corrected chi connectivity index (χ2v) is 8.53. The van der Waals surface area contributed by atoms with Gasteiger partial charge in [-0.1, -0.05) is 42.5 Å². The van der Waals surface area contributed by atoms with Crippen LogP contribution in [-0.2, 0) is 9.53 Å². The van der Waals surface area contributed by atoms with E-state index in [0.29, 0.717) is 11.0 Å². The van der Waals surface area contributed by atoms with Crippen LogP contribution in [-0.4, -0.2) is 50.6 Å². The van der Waals surface area contributed by atoms with Crippen LogP contribution in [0.3, 0.4) is 0 Å². The Hall–Kier alpha value is -4.50. The van der Waals surface area contributed by atoms with Crippen LogP contribution in [0.15, 0.2) is 72.8 Å². The zero-order valence-electron chi connectivity index (χ0n) is 20.0. The van der Waals surface area contributed by atoms with Gasteiger partial charge in [0.05, 0.1) is 17.1 Å². The number of ketones is 3. The molecule has 3 atom stereocenters. The van der Waals surface area contributed by atoms with Gasteiger partial charge in [-0.2, -0.15) is 0 Å². The Kier molecular flexibility index (Phi) is 7.35. The van der Waals surface area contributed by atoms with Crippen molar-refractivity contribution in [2.75, 3.05) is 0 Å². The van der Waals surface area contributed by atoms with Crippen LogP contribution < -0.4 is 0 Å². The molecule has 3 unspecified atom stereocenters. The van der Waals surface area contributed by atoms with E-state index in [-0.39, 0.29) is 22.5 Å². The highest BCUT2D eigenvalue weighted by Gasteiger charge is 2.34. The van der Waals surface area contributed by atoms with Crippen LogP contribution in [0.1, 0.15) is 56.7 Å². The number of nitrogens with one attached hydrogen (secondary N) is 1. The largest absolute Gasteiger partial charge is 0.451 e. The van der Waals surface area contributed by atoms with Gasteiger partial charge < -0.3 is 14.8 Å². The quantitative estimate of drug-likeness (QED) is 0.201. The highest BCUT2D eigenvalue weighted by Crippen LogP contribution is 2.27. The van der Waals surface area contributed by atoms with E-state index in [9.17, 15) is 28.7 Å². The van der Waals surface area contributed by atoms with E-state index in [1.54, 1.807) is 24.3 Å². The van der Waals surface area contributed by atoms with Crippen LogP contribution in [0.25, 0.3) is 11.0 Å². The van der Waals surface area contributed by atoms with Gasteiger partial charge in [-0.3, -0.25) is 19.2 Å². The number of hydrogen-bond acceptors (Lipinski definition) is 7. The number of carbonyl (C=O) groups is 4. The minimum atomic E-state index is -1.47. The highest BCUT2D eigenvalue weighted by molar-refractivity contribution is 6.20. The standard InChI is InChI=1S/C28H23FN2O6/c1-15(32)27(37-16(2)33)26(36)18-8-5-7-17(13-18)24(34)23(25(35)19-9-6-10-20(29)14-19)28-30-21-11-3-4-12-22(21)31-28/h3-15,23,27,32H,1-2H3,(H,30,31). The second kappa shape index (κ2) is 10.6. The highest BCUT2D eigenvalue weighted by atomic mass is 19.1. The molecule has 37 heavy (non-hydrogen) atoms. The number of aliphatic hydroxyl groups excluding tert-OH is 1. The predicted molar refractivity (Wildman–Crippen MR) is 132 cm³/mol. The molecule has 3 aromatic carbocycles. The fraction of sp³-hybridized carbons (Fsp3) is 0.179. The molecule has 0 saturated heterocycles. The maximum atomic E-state index is 13.9. The van der Waals surface area contributed by atoms with Gasteiger partial charge in [0.15, 0.2) is 17.7 Å². The molecule has 0 fully saturated rings. The average Bonchev–Trinajstić information content (AvgIpc) is 3.30. The number of ether oxygens (including phenoxy) is 1. The van der Waals surface area contributed by atoms with Crippen molar-refractivity contribution < 1.29 is 33.4 Å². The molecule has 1 aromatic heterocycles. The van der Waals surface area contributed by atoms with Crippen LogP contribution in [0.5, 0.6) is 0 Å². The number of aliphatic hydroxyl groups is 1. The lowest BCUT2D eigenvalue weighted by atomic mass is 9.88. The number of aromatic amines is 1. The number of aromatic nitrogens is 2. The van der Waals surface area contributed by atoms with Gasteiger partial charge in [0, 0.05) is 23.6 Å². The molecular weight excluding hydrogens is 479 g/mol. The van der Waals surface area contributed by atoms with Crippen LogP contribution in [0, 0.1) is 5.82 Å². The maximum Gasteiger partial charge on any atom is 0.303 e. The van der Waals surface area contributed by atoms with E-state index in [0.717, 1.165) is 13.0 Å². The number of nitrogens with zero attached hydrogens (tertiary/aromatic N) is 1. The van der Waals surface area contributed by atoms with E-state index in [4.69, 9.17) is 4.74 Å². The first-order valence-corrected chi connectivity index (χ1v) is 11.4. The van der Waals surface area contributed by atoms with Gasteiger partial charge in [0.1, 0.15) is 17.6 Å². The zero-order chi connectivity index (χ0) is 26.7. The van der Waals surface area contributed by atoms with E-state index in [1.807, 2.05) is 0 Å². The number of benzene rings is 3. The molecule has 0 saturated carbocycles. The summed E-state index contributed by atoms with van der Waals surface area (Å²) < 4.78 is 18.9. The lowest BCUT2D eigenvalue weighted by Crippen LogP contribution is -2.36. The number of Topliss-reactive ketones (excluding diaryl/α,β-unsaturated/α-hetero) is 3. The zero-order valence-corrected chi connectivity index (χ0v) is 20.0. The van der Waals surface area contributed by atoms with Gasteiger partial charge in [-0.15, -0.1) is 0 Å². The Morgan fingerprint density at radius 1 is 0.865 bits per heavy atom. The van der Waals surface area contributed by atoms with Gasteiger partial charge in [0.25, 0.3) is 0 Å². The summed E-state index contributed by atoms with van der Waals surface area (Å²) in [4.78, 5) is 59.1. The number of imidazole rings is 1. The fourth-order valence-corrected chi connectivity index (χ4v) is 3.99. The number of halogens is 1. The summed E-state index contributed by atoms with van der Waals surface area (Å²) in [7, 11) is 0. The lowest BCUT2D eigenvalue weighted by molar-refractivity contribution is -0.148. The molecule has 4 rings (SSSR count). The predicted octanol–water partition coefficient (Wildman–Crippen LogP) is 4.05. The smallest absolute Gasteiger partial charge is 0.303 e. The molecule has 0 spiro atoms. The lowest BCUT2D eigenvalue weighted by Gasteiger charge is -2.19. The SMILES string of the molecule is CC(=O)OC(C(=O)c1cccc(C(=O)C(C(=O)c2cccc(F)c2)c2nc3ccccc3[nH]2)c1)C(C)O. The molecule has 0 aliphatic heterocycles. The Balaban J connectivity index is 1.77. The summed E-state index contributed by atoms with van der Waals surface area (Å²) in [5.74, 6) is -4.84. The van der Waals surface area contributed by atoms with Gasteiger partial charge in [-0.05, 0) is 37.3 Å². The number of hydrogen-bond donors (Lipinski definition) is 2. The van der Waals surface area contributed by atoms with Gasteiger partial charge in [0.2, 0.25) is 5.78 Å². The summed E-state index contributed by atoms with van der Waals surface area (Å²) in [6, 6.07) is 17.5. The number of rotatable bonds is 9. The van der Waals surface area contributed by atoms with Crippen LogP contribution in [0.4, 0.5) is 4.39 Å². The fourth-order valence-electron chi connectivity index (χ4n) is 3.99. The molecule has 0 aliphatic rings. The summed E-state index contributed by atoms with van der Waals surface area (Å²) in [5.41, 5.74) is 1.13. The van der Waals surface area contributed by atoms with Crippen molar-refractivity contribution in [3.05, 3.63) is 101 Å². The number of H-pyrrole nitrogens is 1. The first-order valence-electron chi connectivity index (χ1n) is 11.4. The third kappa shape index (κ3) is 5.52. The van der Waals surface area contributed by atoms with E-state index < -0.39 is 47.3 Å². The number of para-hydroxylation sites is 2. The molecule has 0 radical (unpaired) electrons. The van der Waals surface area contributed by atoms with Crippen LogP contribution in [0.2, 0.25) is 0 Å². The number of fused-ring (bicyclic) bond motifs is 1. The molecule has 1 heterocycles. The Morgan fingerprint density at radius 3 is 2.05 bits per heavy atom. The van der Waals surface area contributed by atoms with Crippen molar-refractivity contribution >= 4 is 34.4 Å². The molecule has 0 amide bonds. The van der Waals surface area contributed by atoms with E-state index in [1.165, 1.54) is 49.4 Å². The van der Waals surface area contributed by atoms with Crippen molar-refractivity contribution in [2.24, 2.45) is 0 Å². The summed E-state index contributed by atoms with van der Waals surface area (Å²) in [6.45, 7) is 2.41. The Bertz CT molecular complexity index is 1480. The van der Waals surface area contributed by atoms with Gasteiger partial charge >= 0.3 is 5.97 Å². The molecular formula is C28H23FN2O6. The Morgan fingerprint density at radius 2 is 1.46 bits per heavy atom. The maximum absolute atomic E-state index is 13.9. The van der Waals surface area contributed by atoms with Crippen molar-refractivity contribution in [1.82, 2.24) is 9.97 Å². The summed E-state index contributed by atoms with van der Waals surface area (Å²) in [5, 5.41) is 9.95. The molecule has 0 aliphatic carbocycles. The van der Waals surface area contributed by atoms with Crippen LogP contribution >= 0.6 is 0 Å². The van der Waals surface area contributed by atoms with Crippen molar-refractivity contribution in [1.29, 1.82) is 0 Å².